The fraction of sp³-hybridized carbons (Fsp3) is 0.235. The second-order valence-electron chi connectivity index (χ2n) is 5.56. The number of pyridine rings is 1. The van der Waals surface area contributed by atoms with Crippen molar-refractivity contribution in [3.05, 3.63) is 42.1 Å². The zero-order chi connectivity index (χ0) is 18.2. The maximum absolute atomic E-state index is 13.3. The van der Waals surface area contributed by atoms with Crippen LogP contribution in [0.5, 0.6) is 5.88 Å². The van der Waals surface area contributed by atoms with Crippen molar-refractivity contribution in [2.24, 2.45) is 0 Å². The summed E-state index contributed by atoms with van der Waals surface area (Å²) in [5.74, 6) is 0.711. The molecule has 25 heavy (non-hydrogen) atoms. The van der Waals surface area contributed by atoms with Crippen LogP contribution in [0.15, 0.2) is 36.5 Å². The van der Waals surface area contributed by atoms with Crippen LogP contribution >= 0.6 is 0 Å². The normalized spacial score (nSPS) is 11.6. The van der Waals surface area contributed by atoms with Gasteiger partial charge in [0.05, 0.1) is 29.3 Å². The molecule has 0 bridgehead atoms. The van der Waals surface area contributed by atoms with Crippen LogP contribution in [0, 0.1) is 0 Å². The van der Waals surface area contributed by atoms with Crippen LogP contribution in [0.2, 0.25) is 0 Å². The van der Waals surface area contributed by atoms with Gasteiger partial charge in [0.15, 0.2) is 0 Å². The Morgan fingerprint density at radius 2 is 1.80 bits per heavy atom. The molecule has 130 valence electrons. The molecule has 2 heterocycles. The lowest BCUT2D eigenvalue weighted by molar-refractivity contribution is -0.137. The minimum atomic E-state index is -4.47. The minimum absolute atomic E-state index is 0.000817. The summed E-state index contributed by atoms with van der Waals surface area (Å²) in [6.07, 6.45) is -3.04. The number of methoxy groups -OCH3 is 1. The molecular weight excluding hydrogens is 333 g/mol. The van der Waals surface area contributed by atoms with Crippen molar-refractivity contribution in [2.45, 2.75) is 6.18 Å². The smallest absolute Gasteiger partial charge is 0.417 e. The van der Waals surface area contributed by atoms with Gasteiger partial charge in [0.1, 0.15) is 0 Å². The number of benzene rings is 1. The summed E-state index contributed by atoms with van der Waals surface area (Å²) in [5, 5.41) is 0.529. The van der Waals surface area contributed by atoms with E-state index in [1.54, 1.807) is 25.1 Å². The third kappa shape index (κ3) is 3.19. The van der Waals surface area contributed by atoms with Crippen LogP contribution in [-0.2, 0) is 6.18 Å². The van der Waals surface area contributed by atoms with Gasteiger partial charge >= 0.3 is 6.18 Å². The number of aromatic nitrogens is 3. The largest absolute Gasteiger partial charge is 0.480 e. The lowest BCUT2D eigenvalue weighted by atomic mass is 10.0. The third-order valence-corrected chi connectivity index (χ3v) is 3.64. The highest BCUT2D eigenvalue weighted by molar-refractivity contribution is 5.87. The van der Waals surface area contributed by atoms with Crippen LogP contribution in [0.3, 0.4) is 0 Å². The molecule has 0 aliphatic carbocycles. The van der Waals surface area contributed by atoms with Gasteiger partial charge in [-0.2, -0.15) is 18.2 Å². The second-order valence-corrected chi connectivity index (χ2v) is 5.56. The highest BCUT2D eigenvalue weighted by Crippen LogP contribution is 2.37. The molecule has 0 spiro atoms. The fourth-order valence-corrected chi connectivity index (χ4v) is 2.44. The number of hydrogen-bond donors (Lipinski definition) is 0. The first-order valence-corrected chi connectivity index (χ1v) is 7.37. The summed E-state index contributed by atoms with van der Waals surface area (Å²) in [4.78, 5) is 14.5. The number of halogens is 3. The maximum Gasteiger partial charge on any atom is 0.417 e. The van der Waals surface area contributed by atoms with E-state index in [0.717, 1.165) is 6.07 Å². The molecule has 0 saturated heterocycles. The first kappa shape index (κ1) is 16.9. The Morgan fingerprint density at radius 1 is 1.08 bits per heavy atom. The predicted octanol–water partition coefficient (Wildman–Crippen LogP) is 3.79. The quantitative estimate of drug-likeness (QED) is 0.721. The van der Waals surface area contributed by atoms with E-state index in [9.17, 15) is 13.2 Å². The lowest BCUT2D eigenvalue weighted by Crippen LogP contribution is -2.13. The van der Waals surface area contributed by atoms with Gasteiger partial charge in [0.2, 0.25) is 11.8 Å². The summed E-state index contributed by atoms with van der Waals surface area (Å²) < 4.78 is 45.0. The first-order chi connectivity index (χ1) is 11.8. The highest BCUT2D eigenvalue weighted by atomic mass is 19.4. The molecule has 1 aromatic carbocycles. The van der Waals surface area contributed by atoms with Gasteiger partial charge in [-0.3, -0.25) is 4.98 Å². The van der Waals surface area contributed by atoms with Gasteiger partial charge in [-0.15, -0.1) is 0 Å². The van der Waals surface area contributed by atoms with Crippen molar-refractivity contribution in [1.29, 1.82) is 0 Å². The molecule has 2 aromatic heterocycles. The number of anilines is 1. The molecule has 0 aliphatic heterocycles. The van der Waals surface area contributed by atoms with E-state index in [1.807, 2.05) is 0 Å². The van der Waals surface area contributed by atoms with E-state index in [1.165, 1.54) is 31.5 Å². The summed E-state index contributed by atoms with van der Waals surface area (Å²) in [7, 11) is 5.00. The van der Waals surface area contributed by atoms with Gasteiger partial charge < -0.3 is 9.64 Å². The van der Waals surface area contributed by atoms with E-state index in [4.69, 9.17) is 4.74 Å². The maximum atomic E-state index is 13.3. The summed E-state index contributed by atoms with van der Waals surface area (Å²) in [6.45, 7) is 0. The van der Waals surface area contributed by atoms with Gasteiger partial charge in [-0.1, -0.05) is 18.2 Å². The van der Waals surface area contributed by atoms with Crippen LogP contribution in [0.25, 0.3) is 22.2 Å². The number of hydrogen-bond acceptors (Lipinski definition) is 5. The molecule has 0 atom stereocenters. The summed E-state index contributed by atoms with van der Waals surface area (Å²) in [6, 6.07) is 6.83. The van der Waals surface area contributed by atoms with Crippen LogP contribution < -0.4 is 9.64 Å². The first-order valence-electron chi connectivity index (χ1n) is 7.37. The van der Waals surface area contributed by atoms with E-state index in [-0.39, 0.29) is 11.3 Å². The van der Waals surface area contributed by atoms with Crippen molar-refractivity contribution < 1.29 is 17.9 Å². The molecule has 0 fully saturated rings. The fourth-order valence-electron chi connectivity index (χ4n) is 2.44. The van der Waals surface area contributed by atoms with E-state index in [0.29, 0.717) is 22.7 Å². The zero-order valence-corrected chi connectivity index (χ0v) is 13.8. The van der Waals surface area contributed by atoms with Crippen molar-refractivity contribution in [3.8, 4) is 17.1 Å². The van der Waals surface area contributed by atoms with Crippen LogP contribution in [0.4, 0.5) is 19.1 Å². The molecular formula is C17H15F3N4O. The van der Waals surface area contributed by atoms with E-state index in [2.05, 4.69) is 15.0 Å². The lowest BCUT2D eigenvalue weighted by Gasteiger charge is -2.15. The second kappa shape index (κ2) is 6.19. The molecule has 8 heteroatoms. The average molecular weight is 348 g/mol. The molecule has 0 unspecified atom stereocenters. The van der Waals surface area contributed by atoms with Crippen molar-refractivity contribution >= 4 is 16.9 Å². The van der Waals surface area contributed by atoms with Gasteiger partial charge in [0.25, 0.3) is 0 Å². The Morgan fingerprint density at radius 3 is 2.44 bits per heavy atom. The molecule has 5 nitrogen and oxygen atoms in total. The summed E-state index contributed by atoms with van der Waals surface area (Å²) in [5.41, 5.74) is -0.0972. The molecule has 0 saturated carbocycles. The predicted molar refractivity (Wildman–Crippen MR) is 88.7 cm³/mol. The molecule has 0 radical (unpaired) electrons. The number of nitrogens with zero attached hydrogens (tertiary/aromatic N) is 4. The number of fused-ring (bicyclic) bond motifs is 1. The Balaban J connectivity index is 2.23. The number of alkyl halides is 3. The summed E-state index contributed by atoms with van der Waals surface area (Å²) >= 11 is 0. The number of rotatable bonds is 3. The minimum Gasteiger partial charge on any atom is -0.480 e. The Bertz CT molecular complexity index is 925. The van der Waals surface area contributed by atoms with E-state index >= 15 is 0 Å². The average Bonchev–Trinajstić information content (AvgIpc) is 2.59. The highest BCUT2D eigenvalue weighted by Gasteiger charge is 2.33. The van der Waals surface area contributed by atoms with Gasteiger partial charge in [-0.25, -0.2) is 4.98 Å². The van der Waals surface area contributed by atoms with Crippen LogP contribution in [-0.4, -0.2) is 36.2 Å². The van der Waals surface area contributed by atoms with Crippen LogP contribution in [0.1, 0.15) is 5.56 Å². The molecule has 0 aliphatic rings. The molecule has 0 N–H and O–H groups in total. The molecule has 3 aromatic rings. The topological polar surface area (TPSA) is 51.1 Å². The Labute approximate surface area is 142 Å². The SMILES string of the molecule is COc1nc(N(C)C)nc2cc(-c3ccccc3C(F)(F)F)ncc12. The third-order valence-electron chi connectivity index (χ3n) is 3.64. The van der Waals surface area contributed by atoms with Crippen molar-refractivity contribution in [1.82, 2.24) is 15.0 Å². The zero-order valence-electron chi connectivity index (χ0n) is 13.8. The Kier molecular flexibility index (Phi) is 4.20. The Hall–Kier alpha value is -2.90. The number of ether oxygens (including phenoxy) is 1. The molecule has 0 amide bonds. The van der Waals surface area contributed by atoms with Gasteiger partial charge in [0, 0.05) is 25.9 Å². The standard InChI is InChI=1S/C17H15F3N4O/c1-24(2)16-22-14-8-13(21-9-11(14)15(23-16)25-3)10-6-4-5-7-12(10)17(18,19)20/h4-9H,1-3H3. The monoisotopic (exact) mass is 348 g/mol. The van der Waals surface area contributed by atoms with Crippen molar-refractivity contribution in [2.75, 3.05) is 26.1 Å². The van der Waals surface area contributed by atoms with Crippen molar-refractivity contribution in [3.63, 3.8) is 0 Å². The molecule has 3 rings (SSSR count). The van der Waals surface area contributed by atoms with E-state index < -0.39 is 11.7 Å². The van der Waals surface area contributed by atoms with Gasteiger partial charge in [-0.05, 0) is 12.1 Å².